The largest absolute Gasteiger partial charge is 0.504 e. The van der Waals surface area contributed by atoms with E-state index in [0.29, 0.717) is 26.3 Å². The van der Waals surface area contributed by atoms with E-state index in [0.717, 1.165) is 10.6 Å². The number of anilines is 3. The van der Waals surface area contributed by atoms with E-state index in [4.69, 9.17) is 32.7 Å². The van der Waals surface area contributed by atoms with Crippen LogP contribution in [0.15, 0.2) is 54.1 Å². The normalized spacial score (nSPS) is 29.0. The summed E-state index contributed by atoms with van der Waals surface area (Å²) in [5, 5.41) is 11.5. The minimum atomic E-state index is -2.79. The maximum Gasteiger partial charge on any atom is 0.258 e. The number of phenolic OH excluding ortho intramolecular Hbond substituents is 1. The van der Waals surface area contributed by atoms with E-state index in [1.54, 1.807) is 37.3 Å². The highest BCUT2D eigenvalue weighted by Gasteiger charge is 2.77. The second kappa shape index (κ2) is 13.2. The minimum Gasteiger partial charge on any atom is -0.504 e. The highest BCUT2D eigenvalue weighted by atomic mass is 35.5. The number of halogens is 7. The zero-order chi connectivity index (χ0) is 39.3. The fraction of sp³-hybridized carbons (Fsp3) is 0.368. The number of alkyl halides is 2. The first kappa shape index (κ1) is 37.2. The lowest BCUT2D eigenvalue weighted by molar-refractivity contribution is -0.125. The second-order valence-electron chi connectivity index (χ2n) is 13.9. The molecule has 3 aromatic carbocycles. The third-order valence-corrected chi connectivity index (χ3v) is 12.8. The summed E-state index contributed by atoms with van der Waals surface area (Å²) in [5.41, 5.74) is -0.715. The van der Waals surface area contributed by atoms with Gasteiger partial charge in [-0.2, -0.15) is 0 Å². The Labute approximate surface area is 320 Å². The minimum absolute atomic E-state index is 0.0579. The van der Waals surface area contributed by atoms with Gasteiger partial charge in [0, 0.05) is 30.3 Å². The molecular formula is C38H30Cl2F5N3O7. The van der Waals surface area contributed by atoms with E-state index >= 15 is 8.78 Å². The lowest BCUT2D eigenvalue weighted by atomic mass is 9.56. The summed E-state index contributed by atoms with van der Waals surface area (Å²) >= 11 is 14.4. The van der Waals surface area contributed by atoms with E-state index in [9.17, 15) is 37.5 Å². The number of ether oxygens (including phenoxy) is 2. The van der Waals surface area contributed by atoms with Crippen LogP contribution in [0.5, 0.6) is 11.5 Å². The van der Waals surface area contributed by atoms with Crippen molar-refractivity contribution >= 4 is 63.9 Å². The van der Waals surface area contributed by atoms with Gasteiger partial charge in [-0.1, -0.05) is 23.8 Å². The van der Waals surface area contributed by atoms with Crippen LogP contribution in [0.25, 0.3) is 0 Å². The van der Waals surface area contributed by atoms with Crippen LogP contribution in [-0.4, -0.2) is 71.4 Å². The summed E-state index contributed by atoms with van der Waals surface area (Å²) in [6.07, 6.45) is 0.823. The number of morpholine rings is 1. The number of carbonyl (C=O) groups is 4. The molecule has 3 saturated heterocycles. The standard InChI is InChI=1S/C38H30Cl2F5N3O7/c1-2-55-23-5-3-4-21(32(23)49)25-19-10-11-20-24(34(51)47(33(20)50)18-8-6-17(7-9-18)46-12-14-54-15-13-46)22(19)16-37(39)35(52)48(36(53)38(25,37)40)31-29(44)27(42)26(41)28(43)30(31)45/h3-10,20,22,24-25,49H,2,11-16H2,1H3/t20-,22+,24-,25+,37+,38-/m0/s1. The lowest BCUT2D eigenvalue weighted by Crippen LogP contribution is -2.60. The summed E-state index contributed by atoms with van der Waals surface area (Å²) in [7, 11) is 0. The van der Waals surface area contributed by atoms with Crippen molar-refractivity contribution in [3.63, 3.8) is 0 Å². The first-order valence-electron chi connectivity index (χ1n) is 17.4. The number of hydrogen-bond donors (Lipinski definition) is 1. The van der Waals surface area contributed by atoms with Gasteiger partial charge in [-0.05, 0) is 56.0 Å². The molecule has 55 heavy (non-hydrogen) atoms. The zero-order valence-electron chi connectivity index (χ0n) is 28.8. The highest BCUT2D eigenvalue weighted by Crippen LogP contribution is 2.67. The molecule has 10 nitrogen and oxygen atoms in total. The number of phenols is 1. The van der Waals surface area contributed by atoms with Gasteiger partial charge in [0.1, 0.15) is 5.69 Å². The van der Waals surface area contributed by atoms with E-state index in [1.807, 2.05) is 0 Å². The quantitative estimate of drug-likeness (QED) is 0.0796. The maximum absolute atomic E-state index is 15.3. The molecule has 0 aromatic heterocycles. The molecule has 3 aromatic rings. The van der Waals surface area contributed by atoms with Crippen molar-refractivity contribution in [3.8, 4) is 11.5 Å². The van der Waals surface area contributed by atoms with Crippen LogP contribution in [0.3, 0.4) is 0 Å². The molecular weight excluding hydrogens is 776 g/mol. The molecule has 4 amide bonds. The Kier molecular flexibility index (Phi) is 8.93. The van der Waals surface area contributed by atoms with Crippen molar-refractivity contribution in [3.05, 3.63) is 88.8 Å². The molecule has 0 unspecified atom stereocenters. The van der Waals surface area contributed by atoms with Crippen LogP contribution in [-0.2, 0) is 23.9 Å². The SMILES string of the molecule is CCOc1cccc([C@H]2C3=CC[C@@H]4C(=O)N(c5ccc(N6CCOCC6)cc5)C(=O)[C@@H]4[C@@H]3C[C@@]3(Cl)C(=O)N(c4c(F)c(F)c(F)c(F)c4F)C(=O)[C@@]23Cl)c1O. The molecule has 0 spiro atoms. The second-order valence-corrected chi connectivity index (χ2v) is 15.2. The van der Waals surface area contributed by atoms with Crippen molar-refractivity contribution in [1.82, 2.24) is 0 Å². The van der Waals surface area contributed by atoms with Crippen LogP contribution >= 0.6 is 23.2 Å². The third-order valence-electron chi connectivity index (χ3n) is 11.3. The first-order valence-corrected chi connectivity index (χ1v) is 18.2. The number of fused-ring (bicyclic) bond motifs is 4. The van der Waals surface area contributed by atoms with Gasteiger partial charge in [0.25, 0.3) is 11.8 Å². The molecule has 3 heterocycles. The Bertz CT molecular complexity index is 2190. The van der Waals surface area contributed by atoms with Crippen molar-refractivity contribution in [2.24, 2.45) is 17.8 Å². The van der Waals surface area contributed by atoms with Crippen LogP contribution < -0.4 is 19.4 Å². The van der Waals surface area contributed by atoms with Crippen molar-refractivity contribution in [1.29, 1.82) is 0 Å². The number of imide groups is 2. The van der Waals surface area contributed by atoms with Crippen LogP contribution in [0.2, 0.25) is 0 Å². The molecule has 1 saturated carbocycles. The number of aromatic hydroxyl groups is 1. The zero-order valence-corrected chi connectivity index (χ0v) is 30.3. The molecule has 2 aliphatic carbocycles. The molecule has 5 aliphatic rings. The van der Waals surface area contributed by atoms with Gasteiger partial charge in [-0.3, -0.25) is 24.1 Å². The number of nitrogens with zero attached hydrogens (tertiary/aromatic N) is 3. The van der Waals surface area contributed by atoms with Crippen molar-refractivity contribution in [2.75, 3.05) is 47.6 Å². The number of carbonyl (C=O) groups excluding carboxylic acids is 4. The molecule has 8 rings (SSSR count). The third kappa shape index (κ3) is 5.08. The molecule has 3 aliphatic heterocycles. The highest BCUT2D eigenvalue weighted by molar-refractivity contribution is 6.58. The van der Waals surface area contributed by atoms with Crippen LogP contribution in [0.4, 0.5) is 39.0 Å². The number of rotatable bonds is 6. The Balaban J connectivity index is 1.26. The topological polar surface area (TPSA) is 117 Å². The summed E-state index contributed by atoms with van der Waals surface area (Å²) in [4.78, 5) is 54.8. The smallest absolute Gasteiger partial charge is 0.258 e. The average Bonchev–Trinajstić information content (AvgIpc) is 3.52. The monoisotopic (exact) mass is 805 g/mol. The number of para-hydroxylation sites is 1. The van der Waals surface area contributed by atoms with Gasteiger partial charge in [-0.25, -0.2) is 26.9 Å². The van der Waals surface area contributed by atoms with E-state index in [1.165, 1.54) is 18.2 Å². The van der Waals surface area contributed by atoms with Gasteiger partial charge in [0.2, 0.25) is 17.6 Å². The lowest BCUT2D eigenvalue weighted by Gasteiger charge is -2.50. The van der Waals surface area contributed by atoms with E-state index < -0.39 is 104 Å². The van der Waals surface area contributed by atoms with Crippen molar-refractivity contribution in [2.45, 2.75) is 35.4 Å². The molecule has 6 atom stereocenters. The predicted octanol–water partition coefficient (Wildman–Crippen LogP) is 6.09. The number of benzene rings is 3. The fourth-order valence-corrected chi connectivity index (χ4v) is 9.77. The summed E-state index contributed by atoms with van der Waals surface area (Å²) in [5.74, 6) is -22.5. The summed E-state index contributed by atoms with van der Waals surface area (Å²) < 4.78 is 84.8. The number of amides is 4. The molecule has 0 bridgehead atoms. The number of allylic oxidation sites excluding steroid dienone is 2. The Morgan fingerprint density at radius 1 is 0.818 bits per heavy atom. The van der Waals surface area contributed by atoms with Crippen molar-refractivity contribution < 1.29 is 55.7 Å². The maximum atomic E-state index is 15.3. The van der Waals surface area contributed by atoms with E-state index in [-0.39, 0.29) is 40.5 Å². The predicted molar refractivity (Wildman–Crippen MR) is 188 cm³/mol. The Morgan fingerprint density at radius 2 is 1.44 bits per heavy atom. The van der Waals surface area contributed by atoms with Gasteiger partial charge >= 0.3 is 0 Å². The first-order chi connectivity index (χ1) is 26.2. The average molecular weight is 807 g/mol. The van der Waals surface area contributed by atoms with Gasteiger partial charge < -0.3 is 19.5 Å². The molecule has 1 N–H and O–H groups in total. The van der Waals surface area contributed by atoms with Gasteiger partial charge in [-0.15, -0.1) is 23.2 Å². The molecule has 0 radical (unpaired) electrons. The van der Waals surface area contributed by atoms with Crippen LogP contribution in [0.1, 0.15) is 31.2 Å². The van der Waals surface area contributed by atoms with Crippen LogP contribution in [0, 0.1) is 46.8 Å². The summed E-state index contributed by atoms with van der Waals surface area (Å²) in [6.45, 7) is 4.09. The van der Waals surface area contributed by atoms with Gasteiger partial charge in [0.05, 0.1) is 37.3 Å². The molecule has 17 heteroatoms. The number of hydrogen-bond acceptors (Lipinski definition) is 8. The molecule has 4 fully saturated rings. The summed E-state index contributed by atoms with van der Waals surface area (Å²) in [6, 6.07) is 11.0. The molecule has 288 valence electrons. The van der Waals surface area contributed by atoms with E-state index in [2.05, 4.69) is 4.90 Å². The fourth-order valence-electron chi connectivity index (χ4n) is 8.85. The van der Waals surface area contributed by atoms with Gasteiger partial charge in [0.15, 0.2) is 44.5 Å². The Hall–Kier alpha value is -4.73. The Morgan fingerprint density at radius 3 is 2.07 bits per heavy atom.